The number of carbonyl (C=O) groups is 3. The van der Waals surface area contributed by atoms with E-state index in [1.807, 2.05) is 19.9 Å². The molecule has 0 aromatic heterocycles. The number of allylic oxidation sites excluding steroid dienone is 8. The van der Waals surface area contributed by atoms with Gasteiger partial charge in [0.25, 0.3) is 0 Å². The molecule has 10 unspecified atom stereocenters. The van der Waals surface area contributed by atoms with Gasteiger partial charge in [-0.2, -0.15) is 0 Å². The highest BCUT2D eigenvalue weighted by atomic mass is 16.7. The molecule has 3 heterocycles. The van der Waals surface area contributed by atoms with Gasteiger partial charge in [0, 0.05) is 38.5 Å². The van der Waals surface area contributed by atoms with Gasteiger partial charge in [-0.25, -0.2) is 0 Å². The zero-order chi connectivity index (χ0) is 41.6. The molecule has 2 saturated heterocycles. The van der Waals surface area contributed by atoms with Gasteiger partial charge in [0.2, 0.25) is 0 Å². The summed E-state index contributed by atoms with van der Waals surface area (Å²) < 4.78 is 23.2. The molecule has 15 atom stereocenters. The zero-order valence-corrected chi connectivity index (χ0v) is 32.2. The van der Waals surface area contributed by atoms with Crippen LogP contribution in [0.2, 0.25) is 0 Å². The van der Waals surface area contributed by atoms with Crippen molar-refractivity contribution in [3.63, 3.8) is 0 Å². The van der Waals surface area contributed by atoms with E-state index in [1.165, 1.54) is 13.0 Å². The fraction of sp³-hybridized carbons (Fsp3) is 0.675. The van der Waals surface area contributed by atoms with Crippen molar-refractivity contribution in [1.29, 1.82) is 0 Å². The number of ketones is 1. The number of aliphatic carboxylic acids is 1. The number of aliphatic hydroxyl groups is 7. The summed E-state index contributed by atoms with van der Waals surface area (Å²) in [5.74, 6) is -6.47. The number of rotatable bonds is 5. The van der Waals surface area contributed by atoms with E-state index in [4.69, 9.17) is 24.7 Å². The summed E-state index contributed by atoms with van der Waals surface area (Å²) >= 11 is 0. The number of hydrogen-bond donors (Lipinski definition) is 9. The molecule has 316 valence electrons. The lowest BCUT2D eigenvalue weighted by molar-refractivity contribution is -0.310. The Morgan fingerprint density at radius 2 is 1.55 bits per heavy atom. The van der Waals surface area contributed by atoms with Crippen molar-refractivity contribution in [2.24, 2.45) is 17.6 Å². The highest BCUT2D eigenvalue weighted by Gasteiger charge is 2.51. The third-order valence-electron chi connectivity index (χ3n) is 10.4. The number of nitrogens with two attached hydrogens (primary N) is 1. The summed E-state index contributed by atoms with van der Waals surface area (Å²) in [5, 5.41) is 85.5. The number of carboxylic acid groups (broad SMARTS) is 1. The van der Waals surface area contributed by atoms with Gasteiger partial charge in [-0.05, 0) is 19.3 Å². The van der Waals surface area contributed by atoms with Crippen molar-refractivity contribution in [3.8, 4) is 0 Å². The second kappa shape index (κ2) is 22.7. The normalized spacial score (nSPS) is 42.5. The molecule has 0 saturated carbocycles. The molecular weight excluding hydrogens is 734 g/mol. The van der Waals surface area contributed by atoms with Crippen molar-refractivity contribution in [2.45, 2.75) is 158 Å². The van der Waals surface area contributed by atoms with Crippen LogP contribution in [0.15, 0.2) is 60.8 Å². The number of fused-ring (bicyclic) bond motifs is 2. The van der Waals surface area contributed by atoms with Crippen LogP contribution in [0.3, 0.4) is 0 Å². The first-order valence-corrected chi connectivity index (χ1v) is 19.3. The van der Waals surface area contributed by atoms with Gasteiger partial charge in [0.1, 0.15) is 23.9 Å². The van der Waals surface area contributed by atoms with Gasteiger partial charge in [-0.3, -0.25) is 14.4 Å². The third kappa shape index (κ3) is 14.7. The molecule has 0 amide bonds. The van der Waals surface area contributed by atoms with Crippen molar-refractivity contribution in [2.75, 3.05) is 0 Å². The predicted octanol–water partition coefficient (Wildman–Crippen LogP) is 0.840. The van der Waals surface area contributed by atoms with Crippen LogP contribution < -0.4 is 5.73 Å². The van der Waals surface area contributed by atoms with Crippen LogP contribution in [-0.4, -0.2) is 138 Å². The molecule has 56 heavy (non-hydrogen) atoms. The zero-order valence-electron chi connectivity index (χ0n) is 32.2. The SMILES string of the molecule is CCC(C)C1C/C=C/C=C/C=C\C=C/C=C\C(O[C@@H]2O[C@H](C)[C@@H](O)[C@H](N)[C@@H]2O)CC2OC(O)(CC(O)C(O)CCC(=O)CC(O)CC(=O)O1)CC(O)C2C(=O)O. The van der Waals surface area contributed by atoms with Crippen molar-refractivity contribution in [3.05, 3.63) is 60.8 Å². The molecule has 0 aromatic carbocycles. The molecular formula is C40H61NO15. The molecule has 16 heteroatoms. The maximum Gasteiger partial charge on any atom is 0.311 e. The smallest absolute Gasteiger partial charge is 0.311 e. The molecule has 3 aliphatic rings. The minimum atomic E-state index is -2.34. The van der Waals surface area contributed by atoms with Crippen LogP contribution >= 0.6 is 0 Å². The van der Waals surface area contributed by atoms with Gasteiger partial charge in [0.05, 0.1) is 61.3 Å². The van der Waals surface area contributed by atoms with E-state index in [-0.39, 0.29) is 25.2 Å². The maximum absolute atomic E-state index is 12.6. The molecule has 16 nitrogen and oxygen atoms in total. The Hall–Kier alpha value is -3.13. The standard InChI is InChI=1S/C40H61NO15/c1-4-23(2)31-15-13-11-9-7-5-6-8-10-12-14-27(54-39-37(49)35(41)36(48)24(3)53-39)20-32-34(38(50)51)30(46)22-40(52,56-32)21-29(45)28(44)17-16-25(42)18-26(43)19-33(47)55-31/h5-14,23-24,26-32,34-37,39,43-46,48-49,52H,4,15-22,41H2,1-3H3,(H,50,51)/b6-5-,9-7+,10-8-,13-11+,14-12-/t23?,24-,26?,27?,28?,29?,30?,31?,32?,34?,35+,36-,37+,39+,40?/m1/s1. The van der Waals surface area contributed by atoms with E-state index in [0.717, 1.165) is 6.42 Å². The summed E-state index contributed by atoms with van der Waals surface area (Å²) in [6, 6.07) is -1.13. The Morgan fingerprint density at radius 3 is 2.20 bits per heavy atom. The Morgan fingerprint density at radius 1 is 0.929 bits per heavy atom. The van der Waals surface area contributed by atoms with Crippen LogP contribution in [0.4, 0.5) is 0 Å². The molecule has 2 fully saturated rings. The monoisotopic (exact) mass is 795 g/mol. The Kier molecular flexibility index (Phi) is 19.2. The lowest BCUT2D eigenvalue weighted by Gasteiger charge is -2.45. The summed E-state index contributed by atoms with van der Waals surface area (Å²) in [6.45, 7) is 5.45. The second-order valence-electron chi connectivity index (χ2n) is 15.0. The molecule has 0 spiro atoms. The van der Waals surface area contributed by atoms with Crippen LogP contribution in [0.25, 0.3) is 0 Å². The van der Waals surface area contributed by atoms with E-state index in [2.05, 4.69) is 0 Å². The lowest BCUT2D eigenvalue weighted by Crippen LogP contribution is -2.61. The number of carboxylic acids is 1. The summed E-state index contributed by atoms with van der Waals surface area (Å²) in [5.41, 5.74) is 5.99. The molecule has 0 radical (unpaired) electrons. The first-order valence-electron chi connectivity index (χ1n) is 19.3. The van der Waals surface area contributed by atoms with Gasteiger partial charge in [0.15, 0.2) is 12.1 Å². The first-order chi connectivity index (χ1) is 26.4. The second-order valence-corrected chi connectivity index (χ2v) is 15.0. The minimum absolute atomic E-state index is 0.0294. The molecule has 0 aliphatic carbocycles. The van der Waals surface area contributed by atoms with Gasteiger partial charge in [-0.15, -0.1) is 0 Å². The third-order valence-corrected chi connectivity index (χ3v) is 10.4. The topological polar surface area (TPSA) is 276 Å². The Balaban J connectivity index is 1.91. The Labute approximate surface area is 327 Å². The highest BCUT2D eigenvalue weighted by Crippen LogP contribution is 2.38. The van der Waals surface area contributed by atoms with Gasteiger partial charge in [-0.1, -0.05) is 81.0 Å². The average molecular weight is 796 g/mol. The molecule has 10 N–H and O–H groups in total. The number of esters is 1. The summed E-state index contributed by atoms with van der Waals surface area (Å²) in [6.07, 6.45) is 1.21. The number of Topliss-reactive ketones (excluding diaryl/α,β-unsaturated/α-hetero) is 1. The highest BCUT2D eigenvalue weighted by molar-refractivity contribution is 5.80. The number of carbonyl (C=O) groups excluding carboxylic acids is 2. The number of cyclic esters (lactones) is 1. The van der Waals surface area contributed by atoms with Crippen LogP contribution in [0.5, 0.6) is 0 Å². The quantitative estimate of drug-likeness (QED) is 0.174. The fourth-order valence-corrected chi connectivity index (χ4v) is 6.85. The Bertz CT molecular complexity index is 1420. The van der Waals surface area contributed by atoms with E-state index in [9.17, 15) is 55.2 Å². The minimum Gasteiger partial charge on any atom is -0.481 e. The average Bonchev–Trinajstić information content (AvgIpc) is 3.11. The maximum atomic E-state index is 12.6. The fourth-order valence-electron chi connectivity index (χ4n) is 6.85. The van der Waals surface area contributed by atoms with Crippen molar-refractivity contribution >= 4 is 17.7 Å². The number of hydrogen-bond acceptors (Lipinski definition) is 15. The van der Waals surface area contributed by atoms with E-state index in [0.29, 0.717) is 6.42 Å². The van der Waals surface area contributed by atoms with Crippen LogP contribution in [0, 0.1) is 11.8 Å². The molecule has 0 aromatic rings. The lowest BCUT2D eigenvalue weighted by atomic mass is 9.82. The van der Waals surface area contributed by atoms with E-state index >= 15 is 0 Å². The largest absolute Gasteiger partial charge is 0.481 e. The van der Waals surface area contributed by atoms with Gasteiger partial charge >= 0.3 is 11.9 Å². The van der Waals surface area contributed by atoms with Crippen LogP contribution in [0.1, 0.15) is 78.6 Å². The number of aliphatic hydroxyl groups excluding tert-OH is 6. The molecule has 3 rings (SSSR count). The van der Waals surface area contributed by atoms with Crippen LogP contribution in [-0.2, 0) is 33.3 Å². The van der Waals surface area contributed by atoms with E-state index < -0.39 is 128 Å². The number of ether oxygens (including phenoxy) is 4. The first kappa shape index (κ1) is 47.2. The summed E-state index contributed by atoms with van der Waals surface area (Å²) in [4.78, 5) is 37.7. The van der Waals surface area contributed by atoms with E-state index in [1.54, 1.807) is 48.6 Å². The van der Waals surface area contributed by atoms with Crippen molar-refractivity contribution < 1.29 is 74.2 Å². The molecule has 2 bridgehead atoms. The van der Waals surface area contributed by atoms with Gasteiger partial charge < -0.3 is 65.5 Å². The summed E-state index contributed by atoms with van der Waals surface area (Å²) in [7, 11) is 0. The predicted molar refractivity (Wildman–Crippen MR) is 201 cm³/mol. The molecule has 3 aliphatic heterocycles. The van der Waals surface area contributed by atoms with Crippen molar-refractivity contribution in [1.82, 2.24) is 0 Å².